The third kappa shape index (κ3) is 4.23. The molecule has 0 saturated heterocycles. The van der Waals surface area contributed by atoms with Crippen LogP contribution in [0.25, 0.3) is 0 Å². The summed E-state index contributed by atoms with van der Waals surface area (Å²) in [5.74, 6) is -0.167. The Bertz CT molecular complexity index is 902. The summed E-state index contributed by atoms with van der Waals surface area (Å²) in [7, 11) is -3.61. The molecule has 3 rings (SSSR count). The molecule has 134 valence electrons. The van der Waals surface area contributed by atoms with E-state index in [1.807, 2.05) is 13.8 Å². The zero-order chi connectivity index (χ0) is 18.2. The molecule has 1 aromatic heterocycles. The summed E-state index contributed by atoms with van der Waals surface area (Å²) in [6.07, 6.45) is 1.71. The lowest BCUT2D eigenvalue weighted by atomic mass is 10.1. The highest BCUT2D eigenvalue weighted by molar-refractivity contribution is 7.89. The van der Waals surface area contributed by atoms with Gasteiger partial charge in [-0.05, 0) is 37.5 Å². The van der Waals surface area contributed by atoms with Crippen LogP contribution >= 0.6 is 11.3 Å². The lowest BCUT2D eigenvalue weighted by molar-refractivity contribution is 0.102. The second kappa shape index (κ2) is 6.81. The first-order valence-corrected chi connectivity index (χ1v) is 10.3. The van der Waals surface area contributed by atoms with Gasteiger partial charge in [-0.3, -0.25) is 10.1 Å². The predicted octanol–water partition coefficient (Wildman–Crippen LogP) is 2.66. The molecule has 1 aliphatic rings. The lowest BCUT2D eigenvalue weighted by Crippen LogP contribution is -2.26. The molecule has 1 saturated carbocycles. The molecule has 2 aromatic rings. The Labute approximate surface area is 150 Å². The minimum absolute atomic E-state index is 0.0134. The van der Waals surface area contributed by atoms with Gasteiger partial charge in [0.1, 0.15) is 5.01 Å². The number of nitrogens with one attached hydrogen (secondary N) is 2. The van der Waals surface area contributed by atoms with Crippen LogP contribution in [0, 0.1) is 6.92 Å². The Balaban J connectivity index is 1.82. The fourth-order valence-electron chi connectivity index (χ4n) is 2.18. The van der Waals surface area contributed by atoms with Crippen LogP contribution in [0.5, 0.6) is 0 Å². The van der Waals surface area contributed by atoms with Crippen LogP contribution in [-0.4, -0.2) is 30.6 Å². The van der Waals surface area contributed by atoms with E-state index in [1.54, 1.807) is 13.0 Å². The summed E-state index contributed by atoms with van der Waals surface area (Å²) in [4.78, 5) is 12.6. The van der Waals surface area contributed by atoms with Crippen LogP contribution in [0.4, 0.5) is 5.13 Å². The van der Waals surface area contributed by atoms with Crippen molar-refractivity contribution in [3.63, 3.8) is 0 Å². The number of aryl methyl sites for hydroxylation is 1. The fraction of sp³-hybridized carbons (Fsp3) is 0.438. The molecule has 9 heteroatoms. The van der Waals surface area contributed by atoms with Crippen molar-refractivity contribution in [2.45, 2.75) is 50.5 Å². The second-order valence-electron chi connectivity index (χ2n) is 6.43. The molecule has 25 heavy (non-hydrogen) atoms. The van der Waals surface area contributed by atoms with Gasteiger partial charge in [0.2, 0.25) is 15.2 Å². The minimum Gasteiger partial charge on any atom is -0.296 e. The number of rotatable bonds is 6. The zero-order valence-corrected chi connectivity index (χ0v) is 15.9. The number of amides is 1. The van der Waals surface area contributed by atoms with Gasteiger partial charge in [0.25, 0.3) is 5.91 Å². The van der Waals surface area contributed by atoms with Crippen molar-refractivity contribution in [2.75, 3.05) is 5.32 Å². The zero-order valence-electron chi connectivity index (χ0n) is 14.2. The maximum absolute atomic E-state index is 12.5. The molecule has 0 bridgehead atoms. The molecular weight excluding hydrogens is 360 g/mol. The van der Waals surface area contributed by atoms with E-state index in [4.69, 9.17) is 0 Å². The average Bonchev–Trinajstić information content (AvgIpc) is 3.21. The smallest absolute Gasteiger partial charge is 0.257 e. The van der Waals surface area contributed by atoms with Crippen LogP contribution in [0.3, 0.4) is 0 Å². The van der Waals surface area contributed by atoms with Gasteiger partial charge in [0, 0.05) is 17.5 Å². The van der Waals surface area contributed by atoms with Crippen molar-refractivity contribution in [1.82, 2.24) is 14.9 Å². The molecule has 0 spiro atoms. The predicted molar refractivity (Wildman–Crippen MR) is 96.5 cm³/mol. The maximum Gasteiger partial charge on any atom is 0.257 e. The third-order valence-electron chi connectivity index (χ3n) is 3.82. The number of carbonyl (C=O) groups excluding carboxylic acids is 1. The van der Waals surface area contributed by atoms with E-state index >= 15 is 0 Å². The number of hydrogen-bond acceptors (Lipinski definition) is 6. The molecule has 1 aliphatic carbocycles. The molecular formula is C16H20N4O3S2. The van der Waals surface area contributed by atoms with Crippen molar-refractivity contribution >= 4 is 32.4 Å². The van der Waals surface area contributed by atoms with Crippen molar-refractivity contribution < 1.29 is 13.2 Å². The standard InChI is InChI=1S/C16H20N4O3S2/c1-9(2)15-18-19-16(24-15)17-14(21)13-8-12(7-4-10(13)3)25(22,23)20-11-5-6-11/h4,7-9,11,20H,5-6H2,1-3H3,(H,17,19,21). The highest BCUT2D eigenvalue weighted by Crippen LogP contribution is 2.25. The Morgan fingerprint density at radius 1 is 1.28 bits per heavy atom. The van der Waals surface area contributed by atoms with Crippen molar-refractivity contribution in [2.24, 2.45) is 0 Å². The maximum atomic E-state index is 12.5. The van der Waals surface area contributed by atoms with Gasteiger partial charge in [-0.2, -0.15) is 0 Å². The SMILES string of the molecule is Cc1ccc(S(=O)(=O)NC2CC2)cc1C(=O)Nc1nnc(C(C)C)s1. The van der Waals surface area contributed by atoms with Gasteiger partial charge < -0.3 is 0 Å². The fourth-order valence-corrected chi connectivity index (χ4v) is 4.26. The van der Waals surface area contributed by atoms with E-state index < -0.39 is 15.9 Å². The second-order valence-corrected chi connectivity index (χ2v) is 9.15. The van der Waals surface area contributed by atoms with Crippen LogP contribution in [-0.2, 0) is 10.0 Å². The summed E-state index contributed by atoms with van der Waals surface area (Å²) in [5.41, 5.74) is 0.997. The molecule has 7 nitrogen and oxygen atoms in total. The van der Waals surface area contributed by atoms with E-state index in [0.717, 1.165) is 17.8 Å². The van der Waals surface area contributed by atoms with Crippen LogP contribution < -0.4 is 10.0 Å². The summed E-state index contributed by atoms with van der Waals surface area (Å²) in [5, 5.41) is 11.9. The number of benzene rings is 1. The number of sulfonamides is 1. The van der Waals surface area contributed by atoms with Crippen LogP contribution in [0.15, 0.2) is 23.1 Å². The highest BCUT2D eigenvalue weighted by atomic mass is 32.2. The number of nitrogens with zero attached hydrogens (tertiary/aromatic N) is 2. The topological polar surface area (TPSA) is 101 Å². The van der Waals surface area contributed by atoms with E-state index in [2.05, 4.69) is 20.2 Å². The van der Waals surface area contributed by atoms with Gasteiger partial charge >= 0.3 is 0 Å². The Hall–Kier alpha value is -1.84. The van der Waals surface area contributed by atoms with Crippen LogP contribution in [0.1, 0.15) is 53.5 Å². The average molecular weight is 380 g/mol. The highest BCUT2D eigenvalue weighted by Gasteiger charge is 2.28. The summed E-state index contributed by atoms with van der Waals surface area (Å²) >= 11 is 1.31. The van der Waals surface area contributed by atoms with Gasteiger partial charge in [-0.15, -0.1) is 10.2 Å². The molecule has 1 fully saturated rings. The molecule has 0 aliphatic heterocycles. The minimum atomic E-state index is -3.61. The summed E-state index contributed by atoms with van der Waals surface area (Å²) < 4.78 is 27.3. The number of aromatic nitrogens is 2. The van der Waals surface area contributed by atoms with E-state index in [0.29, 0.717) is 16.3 Å². The van der Waals surface area contributed by atoms with Crippen LogP contribution in [0.2, 0.25) is 0 Å². The first kappa shape index (κ1) is 18.0. The van der Waals surface area contributed by atoms with Gasteiger partial charge in [0.15, 0.2) is 0 Å². The molecule has 0 unspecified atom stereocenters. The number of hydrogen-bond donors (Lipinski definition) is 2. The largest absolute Gasteiger partial charge is 0.296 e. The monoisotopic (exact) mass is 380 g/mol. The van der Waals surface area contributed by atoms with Gasteiger partial charge in [0.05, 0.1) is 4.90 Å². The molecule has 1 heterocycles. The lowest BCUT2D eigenvalue weighted by Gasteiger charge is -2.10. The number of anilines is 1. The molecule has 0 radical (unpaired) electrons. The quantitative estimate of drug-likeness (QED) is 0.802. The summed E-state index contributed by atoms with van der Waals surface area (Å²) in [6, 6.07) is 4.56. The molecule has 1 aromatic carbocycles. The van der Waals surface area contributed by atoms with E-state index in [1.165, 1.54) is 23.5 Å². The Morgan fingerprint density at radius 2 is 2.00 bits per heavy atom. The van der Waals surface area contributed by atoms with Crippen molar-refractivity contribution in [3.8, 4) is 0 Å². The van der Waals surface area contributed by atoms with Gasteiger partial charge in [-0.1, -0.05) is 31.3 Å². The van der Waals surface area contributed by atoms with E-state index in [9.17, 15) is 13.2 Å². The molecule has 2 N–H and O–H groups in total. The summed E-state index contributed by atoms with van der Waals surface area (Å²) in [6.45, 7) is 5.76. The normalized spacial score (nSPS) is 14.7. The third-order valence-corrected chi connectivity index (χ3v) is 6.48. The Morgan fingerprint density at radius 3 is 2.60 bits per heavy atom. The molecule has 0 atom stereocenters. The van der Waals surface area contributed by atoms with E-state index in [-0.39, 0.29) is 16.9 Å². The Kier molecular flexibility index (Phi) is 4.90. The first-order chi connectivity index (χ1) is 11.8. The van der Waals surface area contributed by atoms with Gasteiger partial charge in [-0.25, -0.2) is 13.1 Å². The first-order valence-electron chi connectivity index (χ1n) is 8.04. The van der Waals surface area contributed by atoms with Crippen molar-refractivity contribution in [3.05, 3.63) is 34.3 Å². The molecule has 1 amide bonds. The number of carbonyl (C=O) groups is 1. The van der Waals surface area contributed by atoms with Crippen molar-refractivity contribution in [1.29, 1.82) is 0 Å².